The molecule has 2 amide bonds. The fourth-order valence-electron chi connectivity index (χ4n) is 1.61. The van der Waals surface area contributed by atoms with Gasteiger partial charge in [-0.1, -0.05) is 12.1 Å². The third-order valence-electron chi connectivity index (χ3n) is 2.61. The van der Waals surface area contributed by atoms with Gasteiger partial charge in [-0.2, -0.15) is 0 Å². The first-order valence-electron chi connectivity index (χ1n) is 6.15. The number of aliphatic hydroxyl groups excluding tert-OH is 1. The Labute approximate surface area is 115 Å². The summed E-state index contributed by atoms with van der Waals surface area (Å²) in [6.07, 6.45) is 0.371. The molecule has 6 nitrogen and oxygen atoms in total. The van der Waals surface area contributed by atoms with Crippen LogP contribution in [-0.2, 0) is 11.2 Å². The van der Waals surface area contributed by atoms with Gasteiger partial charge in [-0.25, -0.2) is 14.0 Å². The van der Waals surface area contributed by atoms with E-state index in [1.807, 2.05) is 0 Å². The van der Waals surface area contributed by atoms with E-state index in [2.05, 4.69) is 10.6 Å². The van der Waals surface area contributed by atoms with E-state index in [9.17, 15) is 14.0 Å². The number of carboxylic acid groups (broad SMARTS) is 1. The van der Waals surface area contributed by atoms with Crippen LogP contribution in [0, 0.1) is 5.82 Å². The van der Waals surface area contributed by atoms with Gasteiger partial charge in [-0.05, 0) is 24.1 Å². The average molecular weight is 284 g/mol. The van der Waals surface area contributed by atoms with Crippen LogP contribution in [0.1, 0.15) is 12.0 Å². The van der Waals surface area contributed by atoms with E-state index in [-0.39, 0.29) is 25.4 Å². The normalized spacial score (nSPS) is 11.7. The zero-order valence-corrected chi connectivity index (χ0v) is 10.8. The smallest absolute Gasteiger partial charge is 0.326 e. The van der Waals surface area contributed by atoms with Crippen LogP contribution in [0.25, 0.3) is 0 Å². The maximum absolute atomic E-state index is 12.9. The van der Waals surface area contributed by atoms with Crippen molar-refractivity contribution >= 4 is 12.0 Å². The molecule has 0 spiro atoms. The summed E-state index contributed by atoms with van der Waals surface area (Å²) in [7, 11) is 0. The third kappa shape index (κ3) is 5.66. The molecule has 1 aromatic carbocycles. The lowest BCUT2D eigenvalue weighted by molar-refractivity contribution is -0.139. The summed E-state index contributed by atoms with van der Waals surface area (Å²) in [6, 6.07) is 4.24. The van der Waals surface area contributed by atoms with Crippen molar-refractivity contribution in [3.63, 3.8) is 0 Å². The quantitative estimate of drug-likeness (QED) is 0.586. The number of aliphatic hydroxyl groups is 1. The fourth-order valence-corrected chi connectivity index (χ4v) is 1.61. The van der Waals surface area contributed by atoms with Crippen LogP contribution >= 0.6 is 0 Å². The first-order valence-corrected chi connectivity index (χ1v) is 6.15. The topological polar surface area (TPSA) is 98.7 Å². The van der Waals surface area contributed by atoms with Gasteiger partial charge in [0.25, 0.3) is 0 Å². The molecule has 0 fully saturated rings. The van der Waals surface area contributed by atoms with Crippen molar-refractivity contribution in [3.8, 4) is 0 Å². The summed E-state index contributed by atoms with van der Waals surface area (Å²) in [6.45, 7) is -0.0821. The lowest BCUT2D eigenvalue weighted by Crippen LogP contribution is -2.46. The lowest BCUT2D eigenvalue weighted by Gasteiger charge is -2.14. The Morgan fingerprint density at radius 3 is 2.70 bits per heavy atom. The van der Waals surface area contributed by atoms with Crippen LogP contribution in [0.4, 0.5) is 9.18 Å². The molecule has 7 heteroatoms. The Balaban J connectivity index is 2.34. The number of halogens is 1. The SMILES string of the molecule is O=C(NCCc1cccc(F)c1)N[C@H](CCO)C(=O)O. The number of hydrogen-bond donors (Lipinski definition) is 4. The summed E-state index contributed by atoms with van der Waals surface area (Å²) in [5.74, 6) is -1.56. The van der Waals surface area contributed by atoms with E-state index in [1.54, 1.807) is 12.1 Å². The molecule has 0 aliphatic carbocycles. The van der Waals surface area contributed by atoms with Gasteiger partial charge in [0.2, 0.25) is 0 Å². The van der Waals surface area contributed by atoms with Crippen molar-refractivity contribution in [1.82, 2.24) is 10.6 Å². The highest BCUT2D eigenvalue weighted by molar-refractivity contribution is 5.82. The number of benzene rings is 1. The molecular weight excluding hydrogens is 267 g/mol. The van der Waals surface area contributed by atoms with E-state index >= 15 is 0 Å². The monoisotopic (exact) mass is 284 g/mol. The Morgan fingerprint density at radius 2 is 2.10 bits per heavy atom. The average Bonchev–Trinajstić information content (AvgIpc) is 2.38. The van der Waals surface area contributed by atoms with Crippen LogP contribution in [-0.4, -0.2) is 41.4 Å². The second-order valence-electron chi connectivity index (χ2n) is 4.18. The van der Waals surface area contributed by atoms with Crippen molar-refractivity contribution in [1.29, 1.82) is 0 Å². The van der Waals surface area contributed by atoms with E-state index in [1.165, 1.54) is 12.1 Å². The minimum absolute atomic E-state index is 0.0628. The van der Waals surface area contributed by atoms with Gasteiger partial charge in [-0.3, -0.25) is 0 Å². The minimum atomic E-state index is -1.21. The Bertz CT molecular complexity index is 467. The van der Waals surface area contributed by atoms with Crippen molar-refractivity contribution in [3.05, 3.63) is 35.6 Å². The molecule has 0 aromatic heterocycles. The van der Waals surface area contributed by atoms with Gasteiger partial charge in [0.15, 0.2) is 0 Å². The number of nitrogens with one attached hydrogen (secondary N) is 2. The number of carbonyl (C=O) groups is 2. The molecule has 1 rings (SSSR count). The summed E-state index contributed by atoms with van der Waals surface area (Å²) in [5, 5.41) is 22.2. The molecule has 1 atom stereocenters. The second kappa shape index (κ2) is 8.11. The van der Waals surface area contributed by atoms with Crippen LogP contribution in [0.15, 0.2) is 24.3 Å². The number of amides is 2. The molecule has 0 saturated carbocycles. The second-order valence-corrected chi connectivity index (χ2v) is 4.18. The Hall–Kier alpha value is -2.15. The van der Waals surface area contributed by atoms with Crippen LogP contribution in [0.3, 0.4) is 0 Å². The highest BCUT2D eigenvalue weighted by Gasteiger charge is 2.18. The summed E-state index contributed by atoms with van der Waals surface area (Å²) in [4.78, 5) is 22.2. The minimum Gasteiger partial charge on any atom is -0.480 e. The third-order valence-corrected chi connectivity index (χ3v) is 2.61. The molecular formula is C13H17FN2O4. The zero-order valence-electron chi connectivity index (χ0n) is 10.8. The summed E-state index contributed by atoms with van der Waals surface area (Å²) >= 11 is 0. The molecule has 4 N–H and O–H groups in total. The highest BCUT2D eigenvalue weighted by atomic mass is 19.1. The predicted molar refractivity (Wildman–Crippen MR) is 69.8 cm³/mol. The van der Waals surface area contributed by atoms with Gasteiger partial charge >= 0.3 is 12.0 Å². The Morgan fingerprint density at radius 1 is 1.35 bits per heavy atom. The van der Waals surface area contributed by atoms with Crippen LogP contribution in [0.5, 0.6) is 0 Å². The largest absolute Gasteiger partial charge is 0.480 e. The molecule has 0 bridgehead atoms. The van der Waals surface area contributed by atoms with Gasteiger partial charge < -0.3 is 20.8 Å². The van der Waals surface area contributed by atoms with E-state index in [0.717, 1.165) is 5.56 Å². The van der Waals surface area contributed by atoms with Gasteiger partial charge in [0, 0.05) is 19.6 Å². The first-order chi connectivity index (χ1) is 9.52. The standard InChI is InChI=1S/C13H17FN2O4/c14-10-3-1-2-9(8-10)4-6-15-13(20)16-11(5-7-17)12(18)19/h1-3,8,11,17H,4-7H2,(H,18,19)(H2,15,16,20)/t11-/m1/s1. The van der Waals surface area contributed by atoms with E-state index in [0.29, 0.717) is 6.42 Å². The molecule has 20 heavy (non-hydrogen) atoms. The summed E-state index contributed by atoms with van der Waals surface area (Å²) in [5.41, 5.74) is 0.732. The molecule has 0 aliphatic heterocycles. The maximum Gasteiger partial charge on any atom is 0.326 e. The molecule has 0 saturated heterocycles. The Kier molecular flexibility index (Phi) is 6.45. The highest BCUT2D eigenvalue weighted by Crippen LogP contribution is 2.03. The van der Waals surface area contributed by atoms with E-state index < -0.39 is 18.0 Å². The molecule has 1 aromatic rings. The maximum atomic E-state index is 12.9. The fraction of sp³-hybridized carbons (Fsp3) is 0.385. The first kappa shape index (κ1) is 15.9. The van der Waals surface area contributed by atoms with Gasteiger partial charge in [0.05, 0.1) is 0 Å². The molecule has 0 aliphatic rings. The number of urea groups is 1. The van der Waals surface area contributed by atoms with Crippen molar-refractivity contribution in [2.75, 3.05) is 13.2 Å². The van der Waals surface area contributed by atoms with E-state index in [4.69, 9.17) is 10.2 Å². The lowest BCUT2D eigenvalue weighted by atomic mass is 10.1. The van der Waals surface area contributed by atoms with Crippen molar-refractivity contribution in [2.45, 2.75) is 18.9 Å². The summed E-state index contributed by atoms with van der Waals surface area (Å²) < 4.78 is 12.9. The van der Waals surface area contributed by atoms with Gasteiger partial charge in [0.1, 0.15) is 11.9 Å². The van der Waals surface area contributed by atoms with Gasteiger partial charge in [-0.15, -0.1) is 0 Å². The van der Waals surface area contributed by atoms with Crippen molar-refractivity contribution in [2.24, 2.45) is 0 Å². The number of hydrogen-bond acceptors (Lipinski definition) is 3. The molecule has 110 valence electrons. The molecule has 0 unspecified atom stereocenters. The number of carbonyl (C=O) groups excluding carboxylic acids is 1. The number of aliphatic carboxylic acids is 1. The number of carboxylic acids is 1. The zero-order chi connectivity index (χ0) is 15.0. The molecule has 0 heterocycles. The molecule has 0 radical (unpaired) electrons. The number of rotatable bonds is 7. The predicted octanol–water partition coefficient (Wildman–Crippen LogP) is 0.503. The van der Waals surface area contributed by atoms with Crippen molar-refractivity contribution < 1.29 is 24.2 Å². The van der Waals surface area contributed by atoms with Crippen LogP contribution < -0.4 is 10.6 Å². The van der Waals surface area contributed by atoms with Crippen LogP contribution in [0.2, 0.25) is 0 Å².